The van der Waals surface area contributed by atoms with Gasteiger partial charge in [0.15, 0.2) is 12.0 Å². The third-order valence-corrected chi connectivity index (χ3v) is 2.94. The van der Waals surface area contributed by atoms with Crippen LogP contribution < -0.4 is 4.74 Å². The van der Waals surface area contributed by atoms with Crippen LogP contribution in [0.3, 0.4) is 0 Å². The van der Waals surface area contributed by atoms with E-state index in [4.69, 9.17) is 9.15 Å². The topological polar surface area (TPSA) is 39.4 Å². The van der Waals surface area contributed by atoms with Gasteiger partial charge in [0.05, 0.1) is 4.47 Å². The summed E-state index contributed by atoms with van der Waals surface area (Å²) in [7, 11) is 0. The lowest BCUT2D eigenvalue weighted by atomic mass is 10.3. The Balaban J connectivity index is 2.23. The highest BCUT2D eigenvalue weighted by molar-refractivity contribution is 9.11. The van der Waals surface area contributed by atoms with Crippen molar-refractivity contribution in [2.24, 2.45) is 0 Å². The van der Waals surface area contributed by atoms with Gasteiger partial charge in [-0.05, 0) is 40.2 Å². The van der Waals surface area contributed by atoms with Crippen molar-refractivity contribution < 1.29 is 13.9 Å². The molecule has 0 fully saturated rings. The maximum atomic E-state index is 10.4. The molecule has 0 aliphatic rings. The van der Waals surface area contributed by atoms with Gasteiger partial charge in [0.1, 0.15) is 5.75 Å². The number of carbonyl (C=O) groups is 1. The molecular formula is C11H6Br2O3. The second-order valence-electron chi connectivity index (χ2n) is 2.95. The molecule has 0 unspecified atom stereocenters. The highest BCUT2D eigenvalue weighted by Crippen LogP contribution is 2.32. The molecule has 0 saturated carbocycles. The lowest BCUT2D eigenvalue weighted by Crippen LogP contribution is -1.83. The molecule has 0 spiro atoms. The molecule has 5 heteroatoms. The van der Waals surface area contributed by atoms with Crippen LogP contribution in [-0.2, 0) is 0 Å². The van der Waals surface area contributed by atoms with E-state index >= 15 is 0 Å². The lowest BCUT2D eigenvalue weighted by molar-refractivity contribution is 0.109. The lowest BCUT2D eigenvalue weighted by Gasteiger charge is -2.04. The first-order chi connectivity index (χ1) is 7.69. The van der Waals surface area contributed by atoms with Crippen LogP contribution in [-0.4, -0.2) is 6.29 Å². The Morgan fingerprint density at radius 3 is 2.62 bits per heavy atom. The summed E-state index contributed by atoms with van der Waals surface area (Å²) in [5.74, 6) is 1.14. The van der Waals surface area contributed by atoms with Crippen molar-refractivity contribution in [3.8, 4) is 11.7 Å². The quantitative estimate of drug-likeness (QED) is 0.773. The summed E-state index contributed by atoms with van der Waals surface area (Å²) < 4.78 is 12.3. The number of rotatable bonds is 3. The predicted octanol–water partition coefficient (Wildman–Crippen LogP) is 4.41. The molecule has 0 N–H and O–H groups in total. The molecule has 1 aromatic carbocycles. The minimum absolute atomic E-state index is 0.239. The van der Waals surface area contributed by atoms with E-state index < -0.39 is 0 Å². The predicted molar refractivity (Wildman–Crippen MR) is 66.0 cm³/mol. The first-order valence-electron chi connectivity index (χ1n) is 4.37. The van der Waals surface area contributed by atoms with Crippen molar-refractivity contribution in [3.05, 3.63) is 45.0 Å². The summed E-state index contributed by atoms with van der Waals surface area (Å²) in [6, 6.07) is 8.65. The Hall–Kier alpha value is -1.07. The highest BCUT2D eigenvalue weighted by atomic mass is 79.9. The zero-order valence-corrected chi connectivity index (χ0v) is 11.1. The number of hydrogen-bond donors (Lipinski definition) is 0. The molecule has 3 nitrogen and oxygen atoms in total. The van der Waals surface area contributed by atoms with Crippen LogP contribution >= 0.6 is 31.9 Å². The zero-order valence-electron chi connectivity index (χ0n) is 7.94. The maximum Gasteiger partial charge on any atom is 0.290 e. The van der Waals surface area contributed by atoms with Crippen LogP contribution in [0.15, 0.2) is 43.7 Å². The number of benzene rings is 1. The molecule has 0 radical (unpaired) electrons. The molecule has 0 atom stereocenters. The summed E-state index contributed by atoms with van der Waals surface area (Å²) in [5, 5.41) is 0. The van der Waals surface area contributed by atoms with E-state index in [1.54, 1.807) is 18.2 Å². The molecule has 2 aromatic rings. The van der Waals surface area contributed by atoms with E-state index in [9.17, 15) is 4.79 Å². The second kappa shape index (κ2) is 4.84. The maximum absolute atomic E-state index is 10.4. The summed E-state index contributed by atoms with van der Waals surface area (Å²) in [6.07, 6.45) is 0.628. The van der Waals surface area contributed by atoms with Gasteiger partial charge in [-0.3, -0.25) is 4.79 Å². The monoisotopic (exact) mass is 344 g/mol. The molecular weight excluding hydrogens is 340 g/mol. The zero-order chi connectivity index (χ0) is 11.5. The molecule has 82 valence electrons. The van der Waals surface area contributed by atoms with Crippen LogP contribution in [0.5, 0.6) is 11.7 Å². The van der Waals surface area contributed by atoms with Gasteiger partial charge in [0, 0.05) is 10.5 Å². The first-order valence-corrected chi connectivity index (χ1v) is 5.95. The van der Waals surface area contributed by atoms with E-state index in [0.717, 1.165) is 8.95 Å². The standard InChI is InChI=1S/C11H6Br2O3/c12-7-1-3-10(9(13)5-7)16-11-4-2-8(6-14)15-11/h1-6H. The van der Waals surface area contributed by atoms with Crippen molar-refractivity contribution in [2.45, 2.75) is 0 Å². The summed E-state index contributed by atoms with van der Waals surface area (Å²) >= 11 is 6.70. The second-order valence-corrected chi connectivity index (χ2v) is 4.72. The first kappa shape index (κ1) is 11.4. The van der Waals surface area contributed by atoms with Gasteiger partial charge in [0.2, 0.25) is 0 Å². The smallest absolute Gasteiger partial charge is 0.290 e. The summed E-state index contributed by atoms with van der Waals surface area (Å²) in [4.78, 5) is 10.4. The molecule has 0 amide bonds. The number of carbonyl (C=O) groups excluding carboxylic acids is 1. The fourth-order valence-electron chi connectivity index (χ4n) is 1.12. The fourth-order valence-corrected chi connectivity index (χ4v) is 2.25. The normalized spacial score (nSPS) is 10.1. The van der Waals surface area contributed by atoms with Crippen LogP contribution in [0.25, 0.3) is 0 Å². The van der Waals surface area contributed by atoms with Gasteiger partial charge in [-0.15, -0.1) is 0 Å². The van der Waals surface area contributed by atoms with Crippen molar-refractivity contribution in [1.82, 2.24) is 0 Å². The molecule has 16 heavy (non-hydrogen) atoms. The molecule has 1 heterocycles. The van der Waals surface area contributed by atoms with E-state index in [1.165, 1.54) is 0 Å². The third-order valence-electron chi connectivity index (χ3n) is 1.82. The van der Waals surface area contributed by atoms with E-state index in [1.807, 2.05) is 12.1 Å². The molecule has 1 aromatic heterocycles. The average molecular weight is 346 g/mol. The van der Waals surface area contributed by atoms with Gasteiger partial charge in [-0.1, -0.05) is 15.9 Å². The third kappa shape index (κ3) is 2.54. The number of furan rings is 1. The molecule has 0 aliphatic heterocycles. The van der Waals surface area contributed by atoms with E-state index in [-0.39, 0.29) is 11.7 Å². The number of hydrogen-bond acceptors (Lipinski definition) is 3. The minimum Gasteiger partial charge on any atom is -0.425 e. The molecule has 0 bridgehead atoms. The average Bonchev–Trinajstić information content (AvgIpc) is 2.70. The Morgan fingerprint density at radius 1 is 1.19 bits per heavy atom. The van der Waals surface area contributed by atoms with Gasteiger partial charge in [-0.25, -0.2) is 0 Å². The van der Waals surface area contributed by atoms with Gasteiger partial charge in [-0.2, -0.15) is 0 Å². The molecule has 0 aliphatic carbocycles. The van der Waals surface area contributed by atoms with Crippen LogP contribution in [0.1, 0.15) is 10.6 Å². The Kier molecular flexibility index (Phi) is 3.46. The summed E-state index contributed by atoms with van der Waals surface area (Å²) in [6.45, 7) is 0. The van der Waals surface area contributed by atoms with E-state index in [0.29, 0.717) is 12.0 Å². The van der Waals surface area contributed by atoms with Gasteiger partial charge >= 0.3 is 0 Å². The Morgan fingerprint density at radius 2 is 2.00 bits per heavy atom. The number of ether oxygens (including phenoxy) is 1. The Labute approximate surface area is 109 Å². The minimum atomic E-state index is 0.239. The van der Waals surface area contributed by atoms with Crippen molar-refractivity contribution in [1.29, 1.82) is 0 Å². The van der Waals surface area contributed by atoms with Crippen molar-refractivity contribution in [2.75, 3.05) is 0 Å². The van der Waals surface area contributed by atoms with Crippen LogP contribution in [0.4, 0.5) is 0 Å². The molecule has 2 rings (SSSR count). The Bertz CT molecular complexity index is 520. The van der Waals surface area contributed by atoms with Crippen molar-refractivity contribution >= 4 is 38.1 Å². The number of aldehydes is 1. The molecule has 0 saturated heterocycles. The largest absolute Gasteiger partial charge is 0.425 e. The SMILES string of the molecule is O=Cc1ccc(Oc2ccc(Br)cc2Br)o1. The van der Waals surface area contributed by atoms with Crippen molar-refractivity contribution in [3.63, 3.8) is 0 Å². The van der Waals surface area contributed by atoms with E-state index in [2.05, 4.69) is 31.9 Å². The van der Waals surface area contributed by atoms with Gasteiger partial charge < -0.3 is 9.15 Å². The van der Waals surface area contributed by atoms with Gasteiger partial charge in [0.25, 0.3) is 5.95 Å². The summed E-state index contributed by atoms with van der Waals surface area (Å²) in [5.41, 5.74) is 0. The van der Waals surface area contributed by atoms with Crippen LogP contribution in [0, 0.1) is 0 Å². The highest BCUT2D eigenvalue weighted by Gasteiger charge is 2.06. The van der Waals surface area contributed by atoms with Crippen LogP contribution in [0.2, 0.25) is 0 Å². The number of halogens is 2. The fraction of sp³-hybridized carbons (Fsp3) is 0.